The van der Waals surface area contributed by atoms with Crippen LogP contribution in [0.5, 0.6) is 0 Å². The average molecular weight is 419 g/mol. The van der Waals surface area contributed by atoms with E-state index >= 15 is 0 Å². The predicted molar refractivity (Wildman–Crippen MR) is 104 cm³/mol. The number of esters is 1. The topological polar surface area (TPSA) is 92.8 Å². The molecular formula is C18H27ClN2O5S. The van der Waals surface area contributed by atoms with Crippen molar-refractivity contribution < 1.29 is 22.7 Å². The van der Waals surface area contributed by atoms with Gasteiger partial charge in [0.25, 0.3) is 5.91 Å². The third-order valence-electron chi connectivity index (χ3n) is 4.28. The smallest absolute Gasteiger partial charge is 0.340 e. The standard InChI is InChI=1S/C18H27ClN2O5S/c1-11(2)13(5)20-17(22)10-26-18(23)15-9-14(7-8-16(15)19)27(24,25)21(6)12(3)4/h7-9,11-13H,10H2,1-6H3,(H,20,22)/t13-/m0/s1. The summed E-state index contributed by atoms with van der Waals surface area (Å²) in [7, 11) is -2.33. The Bertz CT molecular complexity index is 793. The van der Waals surface area contributed by atoms with Gasteiger partial charge in [0.2, 0.25) is 10.0 Å². The molecule has 0 aliphatic carbocycles. The Labute approximate surface area is 166 Å². The second-order valence-corrected chi connectivity index (χ2v) is 9.34. The molecule has 0 aliphatic heterocycles. The molecular weight excluding hydrogens is 392 g/mol. The van der Waals surface area contributed by atoms with Gasteiger partial charge in [-0.25, -0.2) is 13.2 Å². The number of halogens is 1. The molecule has 0 bridgehead atoms. The lowest BCUT2D eigenvalue weighted by molar-refractivity contribution is -0.125. The van der Waals surface area contributed by atoms with Gasteiger partial charge in [0.05, 0.1) is 15.5 Å². The van der Waals surface area contributed by atoms with Gasteiger partial charge < -0.3 is 10.1 Å². The quantitative estimate of drug-likeness (QED) is 0.655. The first-order chi connectivity index (χ1) is 12.4. The lowest BCUT2D eigenvalue weighted by Crippen LogP contribution is -2.38. The summed E-state index contributed by atoms with van der Waals surface area (Å²) in [5.41, 5.74) is -0.111. The molecule has 1 N–H and O–H groups in total. The number of carbonyl (C=O) groups excluding carboxylic acids is 2. The monoisotopic (exact) mass is 418 g/mol. The molecule has 0 saturated carbocycles. The second-order valence-electron chi connectivity index (χ2n) is 6.93. The van der Waals surface area contributed by atoms with Crippen molar-refractivity contribution >= 4 is 33.5 Å². The molecule has 0 saturated heterocycles. The highest BCUT2D eigenvalue weighted by Crippen LogP contribution is 2.24. The number of carbonyl (C=O) groups is 2. The van der Waals surface area contributed by atoms with Crippen LogP contribution in [0.4, 0.5) is 0 Å². The zero-order valence-electron chi connectivity index (χ0n) is 16.4. The summed E-state index contributed by atoms with van der Waals surface area (Å²) in [5.74, 6) is -1.07. The van der Waals surface area contributed by atoms with Crippen LogP contribution >= 0.6 is 11.6 Å². The molecule has 0 aromatic heterocycles. The molecule has 152 valence electrons. The molecule has 0 heterocycles. The number of amides is 1. The van der Waals surface area contributed by atoms with Gasteiger partial charge in [-0.3, -0.25) is 4.79 Å². The highest BCUT2D eigenvalue weighted by Gasteiger charge is 2.25. The molecule has 0 radical (unpaired) electrons. The summed E-state index contributed by atoms with van der Waals surface area (Å²) in [5, 5.41) is 2.76. The van der Waals surface area contributed by atoms with E-state index in [1.54, 1.807) is 13.8 Å². The van der Waals surface area contributed by atoms with Gasteiger partial charge in [0.15, 0.2) is 6.61 Å². The third kappa shape index (κ3) is 6.19. The van der Waals surface area contributed by atoms with E-state index in [4.69, 9.17) is 16.3 Å². The van der Waals surface area contributed by atoms with Gasteiger partial charge in [0, 0.05) is 19.1 Å². The molecule has 27 heavy (non-hydrogen) atoms. The van der Waals surface area contributed by atoms with E-state index in [2.05, 4.69) is 5.32 Å². The van der Waals surface area contributed by atoms with E-state index in [1.807, 2.05) is 20.8 Å². The van der Waals surface area contributed by atoms with Gasteiger partial charge in [0.1, 0.15) is 0 Å². The van der Waals surface area contributed by atoms with E-state index in [0.717, 1.165) is 6.07 Å². The number of hydrogen-bond acceptors (Lipinski definition) is 5. The van der Waals surface area contributed by atoms with E-state index < -0.39 is 28.5 Å². The van der Waals surface area contributed by atoms with Gasteiger partial charge in [-0.05, 0) is 44.9 Å². The fourth-order valence-electron chi connectivity index (χ4n) is 1.94. The number of nitrogens with one attached hydrogen (secondary N) is 1. The summed E-state index contributed by atoms with van der Waals surface area (Å²) in [4.78, 5) is 24.0. The number of nitrogens with zero attached hydrogens (tertiary/aromatic N) is 1. The van der Waals surface area contributed by atoms with E-state index in [9.17, 15) is 18.0 Å². The summed E-state index contributed by atoms with van der Waals surface area (Å²) in [6, 6.07) is 3.48. The molecule has 7 nitrogen and oxygen atoms in total. The van der Waals surface area contributed by atoms with Crippen LogP contribution in [0.25, 0.3) is 0 Å². The highest BCUT2D eigenvalue weighted by atomic mass is 35.5. The first-order valence-corrected chi connectivity index (χ1v) is 10.4. The number of benzene rings is 1. The third-order valence-corrected chi connectivity index (χ3v) is 6.64. The maximum absolute atomic E-state index is 12.6. The maximum atomic E-state index is 12.6. The van der Waals surface area contributed by atoms with Crippen LogP contribution in [0.2, 0.25) is 5.02 Å². The normalized spacial score (nSPS) is 13.1. The minimum absolute atomic E-state index is 0.0436. The van der Waals surface area contributed by atoms with Crippen molar-refractivity contribution in [2.75, 3.05) is 13.7 Å². The molecule has 1 aromatic carbocycles. The predicted octanol–water partition coefficient (Wildman–Crippen LogP) is 2.69. The van der Waals surface area contributed by atoms with E-state index in [1.165, 1.54) is 23.5 Å². The number of ether oxygens (including phenoxy) is 1. The molecule has 1 rings (SSSR count). The molecule has 1 amide bonds. The Kier molecular flexibility index (Phi) is 8.25. The Morgan fingerprint density at radius 2 is 1.78 bits per heavy atom. The van der Waals surface area contributed by atoms with Gasteiger partial charge >= 0.3 is 5.97 Å². The molecule has 0 aliphatic rings. The van der Waals surface area contributed by atoms with Crippen molar-refractivity contribution in [1.82, 2.24) is 9.62 Å². The Morgan fingerprint density at radius 1 is 1.19 bits per heavy atom. The fourth-order valence-corrected chi connectivity index (χ4v) is 3.53. The van der Waals surface area contributed by atoms with Crippen LogP contribution in [0, 0.1) is 5.92 Å². The maximum Gasteiger partial charge on any atom is 0.340 e. The summed E-state index contributed by atoms with van der Waals surface area (Å²) >= 11 is 6.01. The van der Waals surface area contributed by atoms with Crippen LogP contribution in [0.3, 0.4) is 0 Å². The summed E-state index contributed by atoms with van der Waals surface area (Å²) in [6.07, 6.45) is 0. The summed E-state index contributed by atoms with van der Waals surface area (Å²) in [6.45, 7) is 8.75. The zero-order chi connectivity index (χ0) is 20.9. The highest BCUT2D eigenvalue weighted by molar-refractivity contribution is 7.89. The van der Waals surface area contributed by atoms with Gasteiger partial charge in [-0.2, -0.15) is 4.31 Å². The molecule has 1 aromatic rings. The molecule has 0 unspecified atom stereocenters. The number of sulfonamides is 1. The lowest BCUT2D eigenvalue weighted by atomic mass is 10.1. The molecule has 0 fully saturated rings. The minimum atomic E-state index is -3.78. The Morgan fingerprint density at radius 3 is 2.30 bits per heavy atom. The average Bonchev–Trinajstić information content (AvgIpc) is 2.58. The van der Waals surface area contributed by atoms with E-state index in [-0.39, 0.29) is 33.5 Å². The molecule has 9 heteroatoms. The summed E-state index contributed by atoms with van der Waals surface area (Å²) < 4.78 is 31.3. The number of hydrogen-bond donors (Lipinski definition) is 1. The van der Waals surface area contributed by atoms with Crippen LogP contribution in [-0.4, -0.2) is 50.3 Å². The SMILES string of the molecule is CC(C)[C@H](C)NC(=O)COC(=O)c1cc(S(=O)(=O)N(C)C(C)C)ccc1Cl. The first kappa shape index (κ1) is 23.4. The lowest BCUT2D eigenvalue weighted by Gasteiger charge is -2.21. The van der Waals surface area contributed by atoms with Crippen LogP contribution in [-0.2, 0) is 19.6 Å². The van der Waals surface area contributed by atoms with E-state index in [0.29, 0.717) is 0 Å². The van der Waals surface area contributed by atoms with Crippen LogP contribution in [0.1, 0.15) is 45.0 Å². The van der Waals surface area contributed by atoms with Crippen molar-refractivity contribution in [3.8, 4) is 0 Å². The molecule has 0 spiro atoms. The fraction of sp³-hybridized carbons (Fsp3) is 0.556. The first-order valence-electron chi connectivity index (χ1n) is 8.62. The molecule has 1 atom stereocenters. The minimum Gasteiger partial charge on any atom is -0.452 e. The van der Waals surface area contributed by atoms with Crippen LogP contribution in [0.15, 0.2) is 23.1 Å². The van der Waals surface area contributed by atoms with Gasteiger partial charge in [-0.1, -0.05) is 25.4 Å². The number of rotatable bonds is 8. The van der Waals surface area contributed by atoms with Crippen molar-refractivity contribution in [2.24, 2.45) is 5.92 Å². The van der Waals surface area contributed by atoms with Crippen LogP contribution < -0.4 is 5.32 Å². The van der Waals surface area contributed by atoms with Crippen molar-refractivity contribution in [3.63, 3.8) is 0 Å². The van der Waals surface area contributed by atoms with Crippen molar-refractivity contribution in [3.05, 3.63) is 28.8 Å². The second kappa shape index (κ2) is 9.52. The van der Waals surface area contributed by atoms with Gasteiger partial charge in [-0.15, -0.1) is 0 Å². The largest absolute Gasteiger partial charge is 0.452 e. The Balaban J connectivity index is 2.94. The Hall–Kier alpha value is -1.64. The van der Waals surface area contributed by atoms with Crippen molar-refractivity contribution in [2.45, 2.75) is 51.6 Å². The van der Waals surface area contributed by atoms with Crippen molar-refractivity contribution in [1.29, 1.82) is 0 Å². The zero-order valence-corrected chi connectivity index (χ0v) is 18.0.